The van der Waals surface area contributed by atoms with Crippen LogP contribution >= 0.6 is 0 Å². The SMILES string of the molecule is CCOC(=O)c1cc(OCCN(C(C)C)C(C)C)ccc1[N+](=O)[O-]. The summed E-state index contributed by atoms with van der Waals surface area (Å²) in [5.41, 5.74) is -0.379. The zero-order valence-electron chi connectivity index (χ0n) is 14.9. The molecule has 0 aliphatic carbocycles. The third-order valence-electron chi connectivity index (χ3n) is 3.60. The van der Waals surface area contributed by atoms with Crippen molar-refractivity contribution in [1.29, 1.82) is 0 Å². The Labute approximate surface area is 142 Å². The minimum atomic E-state index is -0.722. The molecule has 0 amide bonds. The summed E-state index contributed by atoms with van der Waals surface area (Å²) in [6, 6.07) is 4.91. The third kappa shape index (κ3) is 5.49. The van der Waals surface area contributed by atoms with E-state index in [2.05, 4.69) is 32.6 Å². The number of rotatable bonds is 9. The molecule has 0 bridgehead atoms. The van der Waals surface area contributed by atoms with Gasteiger partial charge in [0, 0.05) is 30.8 Å². The second-order valence-corrected chi connectivity index (χ2v) is 5.93. The van der Waals surface area contributed by atoms with Crippen LogP contribution in [0.3, 0.4) is 0 Å². The lowest BCUT2D eigenvalue weighted by Crippen LogP contribution is -2.39. The highest BCUT2D eigenvalue weighted by Gasteiger charge is 2.22. The summed E-state index contributed by atoms with van der Waals surface area (Å²) in [6.45, 7) is 11.4. The molecule has 0 radical (unpaired) electrons. The number of esters is 1. The average Bonchev–Trinajstić information content (AvgIpc) is 2.50. The van der Waals surface area contributed by atoms with E-state index in [9.17, 15) is 14.9 Å². The van der Waals surface area contributed by atoms with Crippen LogP contribution < -0.4 is 4.74 Å². The van der Waals surface area contributed by atoms with Crippen molar-refractivity contribution >= 4 is 11.7 Å². The van der Waals surface area contributed by atoms with Crippen LogP contribution in [0.4, 0.5) is 5.69 Å². The quantitative estimate of drug-likeness (QED) is 0.390. The van der Waals surface area contributed by atoms with E-state index in [1.165, 1.54) is 18.2 Å². The van der Waals surface area contributed by atoms with Crippen molar-refractivity contribution in [3.63, 3.8) is 0 Å². The lowest BCUT2D eigenvalue weighted by molar-refractivity contribution is -0.385. The Morgan fingerprint density at radius 3 is 2.38 bits per heavy atom. The number of hydrogen-bond donors (Lipinski definition) is 0. The first kappa shape index (κ1) is 19.9. The summed E-state index contributed by atoms with van der Waals surface area (Å²) in [5, 5.41) is 11.0. The summed E-state index contributed by atoms with van der Waals surface area (Å²) in [5.74, 6) is -0.309. The largest absolute Gasteiger partial charge is 0.492 e. The molecular formula is C17H26N2O5. The van der Waals surface area contributed by atoms with Gasteiger partial charge in [0.2, 0.25) is 0 Å². The van der Waals surface area contributed by atoms with Crippen molar-refractivity contribution in [2.75, 3.05) is 19.8 Å². The maximum absolute atomic E-state index is 11.9. The molecule has 0 fully saturated rings. The molecule has 1 rings (SSSR count). The Bertz CT molecular complexity index is 564. The first-order chi connectivity index (χ1) is 11.3. The summed E-state index contributed by atoms with van der Waals surface area (Å²) in [7, 11) is 0. The Morgan fingerprint density at radius 1 is 1.25 bits per heavy atom. The second kappa shape index (κ2) is 9.22. The van der Waals surface area contributed by atoms with Gasteiger partial charge in [-0.05, 0) is 40.7 Å². The lowest BCUT2D eigenvalue weighted by Gasteiger charge is -2.30. The zero-order valence-corrected chi connectivity index (χ0v) is 14.9. The molecule has 24 heavy (non-hydrogen) atoms. The molecule has 7 nitrogen and oxygen atoms in total. The van der Waals surface area contributed by atoms with Gasteiger partial charge in [-0.2, -0.15) is 0 Å². The smallest absolute Gasteiger partial charge is 0.345 e. The van der Waals surface area contributed by atoms with Gasteiger partial charge in [-0.15, -0.1) is 0 Å². The Morgan fingerprint density at radius 2 is 1.88 bits per heavy atom. The highest BCUT2D eigenvalue weighted by Crippen LogP contribution is 2.25. The Kier molecular flexibility index (Phi) is 7.64. The van der Waals surface area contributed by atoms with Crippen molar-refractivity contribution < 1.29 is 19.2 Å². The van der Waals surface area contributed by atoms with Crippen molar-refractivity contribution in [2.45, 2.75) is 46.7 Å². The summed E-state index contributed by atoms with van der Waals surface area (Å²) < 4.78 is 10.5. The number of benzene rings is 1. The maximum Gasteiger partial charge on any atom is 0.345 e. The standard InChI is InChI=1S/C17H26N2O5/c1-6-23-17(20)15-11-14(7-8-16(15)19(21)22)24-10-9-18(12(2)3)13(4)5/h7-8,11-13H,6,9-10H2,1-5H3. The van der Waals surface area contributed by atoms with Crippen LogP contribution in [0.5, 0.6) is 5.75 Å². The topological polar surface area (TPSA) is 81.9 Å². The first-order valence-corrected chi connectivity index (χ1v) is 8.12. The van der Waals surface area contributed by atoms with E-state index in [1.807, 2.05) is 0 Å². The van der Waals surface area contributed by atoms with Gasteiger partial charge >= 0.3 is 5.97 Å². The predicted molar refractivity (Wildman–Crippen MR) is 91.5 cm³/mol. The molecular weight excluding hydrogens is 312 g/mol. The number of carbonyl (C=O) groups excluding carboxylic acids is 1. The summed E-state index contributed by atoms with van der Waals surface area (Å²) in [4.78, 5) is 24.6. The van der Waals surface area contributed by atoms with Crippen LogP contribution in [0.2, 0.25) is 0 Å². The van der Waals surface area contributed by atoms with E-state index in [4.69, 9.17) is 9.47 Å². The van der Waals surface area contributed by atoms with E-state index in [0.29, 0.717) is 24.4 Å². The summed E-state index contributed by atoms with van der Waals surface area (Å²) in [6.07, 6.45) is 0. The minimum Gasteiger partial charge on any atom is -0.492 e. The molecule has 1 aromatic carbocycles. The van der Waals surface area contributed by atoms with Crippen LogP contribution in [0.25, 0.3) is 0 Å². The van der Waals surface area contributed by atoms with Crippen LogP contribution in [0, 0.1) is 10.1 Å². The maximum atomic E-state index is 11.9. The van der Waals surface area contributed by atoms with Gasteiger partial charge in [0.05, 0.1) is 11.5 Å². The normalized spacial score (nSPS) is 11.2. The van der Waals surface area contributed by atoms with Gasteiger partial charge in [0.15, 0.2) is 0 Å². The molecule has 0 unspecified atom stereocenters. The molecule has 134 valence electrons. The lowest BCUT2D eigenvalue weighted by atomic mass is 10.1. The number of hydrogen-bond acceptors (Lipinski definition) is 6. The predicted octanol–water partition coefficient (Wildman–Crippen LogP) is 3.27. The number of nitrogens with zero attached hydrogens (tertiary/aromatic N) is 2. The van der Waals surface area contributed by atoms with Gasteiger partial charge in [0.25, 0.3) is 5.69 Å². The molecule has 0 N–H and O–H groups in total. The molecule has 0 saturated carbocycles. The average molecular weight is 338 g/mol. The molecule has 0 aliphatic heterocycles. The molecule has 0 spiro atoms. The number of nitro benzene ring substituents is 1. The fourth-order valence-electron chi connectivity index (χ4n) is 2.52. The van der Waals surface area contributed by atoms with E-state index in [1.54, 1.807) is 6.92 Å². The van der Waals surface area contributed by atoms with E-state index < -0.39 is 10.9 Å². The molecule has 0 heterocycles. The molecule has 0 aliphatic rings. The van der Waals surface area contributed by atoms with Crippen molar-refractivity contribution in [3.05, 3.63) is 33.9 Å². The van der Waals surface area contributed by atoms with Gasteiger partial charge in [-0.1, -0.05) is 0 Å². The van der Waals surface area contributed by atoms with Crippen LogP contribution in [-0.2, 0) is 4.74 Å². The molecule has 0 saturated heterocycles. The van der Waals surface area contributed by atoms with Gasteiger partial charge in [-0.3, -0.25) is 15.0 Å². The monoisotopic (exact) mass is 338 g/mol. The Balaban J connectivity index is 2.84. The summed E-state index contributed by atoms with van der Waals surface area (Å²) >= 11 is 0. The number of nitro groups is 1. The van der Waals surface area contributed by atoms with Crippen molar-refractivity contribution in [3.8, 4) is 5.75 Å². The van der Waals surface area contributed by atoms with Crippen LogP contribution in [-0.4, -0.2) is 47.6 Å². The first-order valence-electron chi connectivity index (χ1n) is 8.12. The fraction of sp³-hybridized carbons (Fsp3) is 0.588. The van der Waals surface area contributed by atoms with Gasteiger partial charge in [-0.25, -0.2) is 4.79 Å². The molecule has 0 atom stereocenters. The van der Waals surface area contributed by atoms with Gasteiger partial charge < -0.3 is 9.47 Å². The number of ether oxygens (including phenoxy) is 2. The Hall–Kier alpha value is -2.15. The highest BCUT2D eigenvalue weighted by molar-refractivity contribution is 5.94. The van der Waals surface area contributed by atoms with Gasteiger partial charge in [0.1, 0.15) is 17.9 Å². The highest BCUT2D eigenvalue weighted by atomic mass is 16.6. The number of carbonyl (C=O) groups is 1. The van der Waals surface area contributed by atoms with E-state index >= 15 is 0 Å². The second-order valence-electron chi connectivity index (χ2n) is 5.93. The zero-order chi connectivity index (χ0) is 18.3. The van der Waals surface area contributed by atoms with Crippen LogP contribution in [0.1, 0.15) is 45.0 Å². The van der Waals surface area contributed by atoms with E-state index in [0.717, 1.165) is 6.54 Å². The fourth-order valence-corrected chi connectivity index (χ4v) is 2.52. The van der Waals surface area contributed by atoms with E-state index in [-0.39, 0.29) is 17.9 Å². The molecule has 1 aromatic rings. The molecule has 0 aromatic heterocycles. The van der Waals surface area contributed by atoms with Crippen molar-refractivity contribution in [1.82, 2.24) is 4.90 Å². The van der Waals surface area contributed by atoms with Crippen molar-refractivity contribution in [2.24, 2.45) is 0 Å². The van der Waals surface area contributed by atoms with Crippen LogP contribution in [0.15, 0.2) is 18.2 Å². The minimum absolute atomic E-state index is 0.0936. The molecule has 7 heteroatoms. The third-order valence-corrected chi connectivity index (χ3v) is 3.60.